The second kappa shape index (κ2) is 6.23. The summed E-state index contributed by atoms with van der Waals surface area (Å²) in [5.41, 5.74) is 0. The van der Waals surface area contributed by atoms with E-state index in [4.69, 9.17) is 4.74 Å². The monoisotopic (exact) mass is 258 g/mol. The Kier molecular flexibility index (Phi) is 5.24. The zero-order valence-corrected chi connectivity index (χ0v) is 10.8. The third kappa shape index (κ3) is 3.45. The molecular weight excluding hydrogens is 239 g/mol. The van der Waals surface area contributed by atoms with E-state index in [1.54, 1.807) is 7.11 Å². The molecule has 2 heteroatoms. The Bertz CT molecular complexity index is 248. The molecule has 2 unspecified atom stereocenters. The predicted octanol–water partition coefficient (Wildman–Crippen LogP) is 2.25. The molecule has 78 valence electrons. The van der Waals surface area contributed by atoms with E-state index in [0.717, 1.165) is 0 Å². The number of hydrogen-bond acceptors (Lipinski definition) is 1. The number of benzene rings is 1. The van der Waals surface area contributed by atoms with Crippen LogP contribution in [-0.4, -0.2) is 28.2 Å². The number of ether oxygens (including phenoxy) is 1. The van der Waals surface area contributed by atoms with E-state index in [9.17, 15) is 0 Å². The Morgan fingerprint density at radius 2 is 1.93 bits per heavy atom. The molecule has 0 amide bonds. The molecule has 0 saturated carbocycles. The fraction of sp³-hybridized carbons (Fsp3) is 0.500. The van der Waals surface area contributed by atoms with Crippen LogP contribution in [0.15, 0.2) is 30.3 Å². The predicted molar refractivity (Wildman–Crippen MR) is 62.3 cm³/mol. The average Bonchev–Trinajstić information content (AvgIpc) is 2.26. The van der Waals surface area contributed by atoms with Crippen molar-refractivity contribution in [1.29, 1.82) is 0 Å². The first kappa shape index (κ1) is 11.8. The van der Waals surface area contributed by atoms with Crippen LogP contribution in [0.4, 0.5) is 0 Å². The van der Waals surface area contributed by atoms with Gasteiger partial charge in [0.15, 0.2) is 0 Å². The molecule has 0 radical (unpaired) electrons. The third-order valence-corrected chi connectivity index (χ3v) is 5.61. The van der Waals surface area contributed by atoms with Gasteiger partial charge < -0.3 is 0 Å². The van der Waals surface area contributed by atoms with E-state index in [1.807, 2.05) is 0 Å². The van der Waals surface area contributed by atoms with Gasteiger partial charge in [0.2, 0.25) is 0 Å². The first-order valence-corrected chi connectivity index (χ1v) is 6.87. The van der Waals surface area contributed by atoms with Crippen LogP contribution in [-0.2, 0) is 4.74 Å². The second-order valence-electron chi connectivity index (χ2n) is 3.32. The van der Waals surface area contributed by atoms with Gasteiger partial charge >= 0.3 is 92.8 Å². The van der Waals surface area contributed by atoms with Gasteiger partial charge in [-0.3, -0.25) is 0 Å². The summed E-state index contributed by atoms with van der Waals surface area (Å²) < 4.78 is 6.86. The summed E-state index contributed by atoms with van der Waals surface area (Å²) in [7, 11) is 1.80. The van der Waals surface area contributed by atoms with Crippen molar-refractivity contribution in [3.63, 3.8) is 0 Å². The normalized spacial score (nSPS) is 15.1. The maximum atomic E-state index is 5.39. The molecule has 0 aliphatic carbocycles. The maximum absolute atomic E-state index is 5.39. The third-order valence-electron chi connectivity index (χ3n) is 2.33. The fourth-order valence-corrected chi connectivity index (χ4v) is 3.71. The first-order valence-electron chi connectivity index (χ1n) is 5.02. The Hall–Kier alpha value is -0.301. The number of methoxy groups -OCH3 is 1. The van der Waals surface area contributed by atoms with Crippen LogP contribution in [0.25, 0.3) is 0 Å². The molecule has 0 aliphatic rings. The van der Waals surface area contributed by atoms with Gasteiger partial charge in [0.25, 0.3) is 0 Å². The van der Waals surface area contributed by atoms with Gasteiger partial charge in [-0.05, 0) is 0 Å². The van der Waals surface area contributed by atoms with Crippen molar-refractivity contribution in [2.24, 2.45) is 0 Å². The van der Waals surface area contributed by atoms with Crippen molar-refractivity contribution in [1.82, 2.24) is 0 Å². The summed E-state index contributed by atoms with van der Waals surface area (Å²) in [5, 5.41) is 0. The van der Waals surface area contributed by atoms with Gasteiger partial charge in [0.05, 0.1) is 0 Å². The molecule has 0 saturated heterocycles. The van der Waals surface area contributed by atoms with Gasteiger partial charge in [-0.1, -0.05) is 0 Å². The Morgan fingerprint density at radius 3 is 2.43 bits per heavy atom. The number of rotatable bonds is 5. The minimum atomic E-state index is 0.375. The summed E-state index contributed by atoms with van der Waals surface area (Å²) in [6.45, 7) is 4.41. The van der Waals surface area contributed by atoms with E-state index >= 15 is 0 Å². The van der Waals surface area contributed by atoms with Gasteiger partial charge in [-0.2, -0.15) is 0 Å². The Labute approximate surface area is 93.0 Å². The van der Waals surface area contributed by atoms with Crippen LogP contribution >= 0.6 is 0 Å². The van der Waals surface area contributed by atoms with Crippen LogP contribution in [0.5, 0.6) is 0 Å². The van der Waals surface area contributed by atoms with Crippen LogP contribution in [0.3, 0.4) is 0 Å². The minimum absolute atomic E-state index is 0.375. The summed E-state index contributed by atoms with van der Waals surface area (Å²) in [6, 6.07) is 10.7. The van der Waals surface area contributed by atoms with Crippen molar-refractivity contribution in [2.75, 3.05) is 7.11 Å². The molecule has 1 aromatic rings. The fourth-order valence-electron chi connectivity index (χ4n) is 1.34. The SMILES string of the molecule is CCC([Se]c1ccccc1)C(C)OC. The van der Waals surface area contributed by atoms with E-state index in [-0.39, 0.29) is 0 Å². The molecule has 0 aromatic heterocycles. The quantitative estimate of drug-likeness (QED) is 0.735. The van der Waals surface area contributed by atoms with Crippen molar-refractivity contribution in [3.8, 4) is 0 Å². The molecule has 0 heterocycles. The van der Waals surface area contributed by atoms with Crippen molar-refractivity contribution < 1.29 is 4.74 Å². The van der Waals surface area contributed by atoms with Gasteiger partial charge in [-0.15, -0.1) is 0 Å². The average molecular weight is 257 g/mol. The zero-order valence-electron chi connectivity index (χ0n) is 9.07. The molecule has 0 N–H and O–H groups in total. The van der Waals surface area contributed by atoms with E-state index < -0.39 is 0 Å². The summed E-state index contributed by atoms with van der Waals surface area (Å²) in [5.74, 6) is 0. The van der Waals surface area contributed by atoms with Crippen LogP contribution in [0.1, 0.15) is 20.3 Å². The Balaban J connectivity index is 2.57. The van der Waals surface area contributed by atoms with Gasteiger partial charge in [0, 0.05) is 0 Å². The zero-order chi connectivity index (χ0) is 10.4. The number of hydrogen-bond donors (Lipinski definition) is 0. The molecule has 0 spiro atoms. The summed E-state index contributed by atoms with van der Waals surface area (Å²) in [6.07, 6.45) is 1.57. The summed E-state index contributed by atoms with van der Waals surface area (Å²) >= 11 is 0.533. The van der Waals surface area contributed by atoms with Crippen LogP contribution in [0.2, 0.25) is 4.82 Å². The van der Waals surface area contributed by atoms with E-state index in [0.29, 0.717) is 25.9 Å². The van der Waals surface area contributed by atoms with Crippen molar-refractivity contribution >= 4 is 19.4 Å². The summed E-state index contributed by atoms with van der Waals surface area (Å²) in [4.78, 5) is 0.690. The molecule has 1 rings (SSSR count). The van der Waals surface area contributed by atoms with Gasteiger partial charge in [0.1, 0.15) is 0 Å². The molecule has 1 nitrogen and oxygen atoms in total. The standard InChI is InChI=1S/C12H18OSe/c1-4-12(10(2)13-3)14-11-8-6-5-7-9-11/h5-10,12H,4H2,1-3H3. The molecule has 0 bridgehead atoms. The van der Waals surface area contributed by atoms with Gasteiger partial charge in [-0.25, -0.2) is 0 Å². The van der Waals surface area contributed by atoms with Crippen LogP contribution in [0, 0.1) is 0 Å². The topological polar surface area (TPSA) is 9.23 Å². The molecule has 14 heavy (non-hydrogen) atoms. The second-order valence-corrected chi connectivity index (χ2v) is 6.07. The van der Waals surface area contributed by atoms with E-state index in [2.05, 4.69) is 44.2 Å². The molecule has 2 atom stereocenters. The van der Waals surface area contributed by atoms with Crippen molar-refractivity contribution in [3.05, 3.63) is 30.3 Å². The van der Waals surface area contributed by atoms with Crippen LogP contribution < -0.4 is 4.46 Å². The van der Waals surface area contributed by atoms with E-state index in [1.165, 1.54) is 10.9 Å². The molecular formula is C12H18OSe. The first-order chi connectivity index (χ1) is 6.77. The molecule has 0 fully saturated rings. The molecule has 0 aliphatic heterocycles. The van der Waals surface area contributed by atoms with Crippen molar-refractivity contribution in [2.45, 2.75) is 31.2 Å². The Morgan fingerprint density at radius 1 is 1.29 bits per heavy atom. The molecule has 1 aromatic carbocycles.